The van der Waals surface area contributed by atoms with Gasteiger partial charge in [-0.3, -0.25) is 0 Å². The zero-order valence-corrected chi connectivity index (χ0v) is 7.98. The monoisotopic (exact) mass is 194 g/mol. The van der Waals surface area contributed by atoms with E-state index in [1.807, 2.05) is 12.1 Å². The van der Waals surface area contributed by atoms with Gasteiger partial charge in [0.2, 0.25) is 0 Å². The van der Waals surface area contributed by atoms with Gasteiger partial charge in [0.05, 0.1) is 19.3 Å². The van der Waals surface area contributed by atoms with Gasteiger partial charge >= 0.3 is 0 Å². The van der Waals surface area contributed by atoms with E-state index >= 15 is 0 Å². The first-order valence-corrected chi connectivity index (χ1v) is 4.82. The van der Waals surface area contributed by atoms with Gasteiger partial charge in [-0.15, -0.1) is 0 Å². The van der Waals surface area contributed by atoms with Crippen LogP contribution in [0, 0.1) is 0 Å². The number of rotatable bonds is 3. The summed E-state index contributed by atoms with van der Waals surface area (Å²) in [4.78, 5) is 0. The summed E-state index contributed by atoms with van der Waals surface area (Å²) >= 11 is 0. The molecule has 3 nitrogen and oxygen atoms in total. The van der Waals surface area contributed by atoms with Crippen molar-refractivity contribution in [3.63, 3.8) is 0 Å². The Balaban J connectivity index is 1.85. The Morgan fingerprint density at radius 1 is 1.50 bits per heavy atom. The van der Waals surface area contributed by atoms with Gasteiger partial charge in [0.1, 0.15) is 5.75 Å². The molecule has 0 saturated carbocycles. The number of hydrogen-bond acceptors (Lipinski definition) is 3. The maximum absolute atomic E-state index is 9.22. The zero-order chi connectivity index (χ0) is 9.80. The van der Waals surface area contributed by atoms with Crippen LogP contribution < -0.4 is 0 Å². The van der Waals surface area contributed by atoms with Gasteiger partial charge in [0.15, 0.2) is 0 Å². The molecule has 1 heterocycles. The van der Waals surface area contributed by atoms with E-state index in [4.69, 9.17) is 9.47 Å². The fraction of sp³-hybridized carbons (Fsp3) is 0.455. The number of phenols is 1. The molecule has 0 radical (unpaired) electrons. The quantitative estimate of drug-likeness (QED) is 0.795. The highest BCUT2D eigenvalue weighted by molar-refractivity contribution is 5.26. The van der Waals surface area contributed by atoms with Crippen molar-refractivity contribution in [1.82, 2.24) is 0 Å². The summed E-state index contributed by atoms with van der Waals surface area (Å²) in [6.45, 7) is 2.03. The van der Waals surface area contributed by atoms with Crippen LogP contribution >= 0.6 is 0 Å². The number of hydrogen-bond donors (Lipinski definition) is 1. The van der Waals surface area contributed by atoms with Crippen molar-refractivity contribution < 1.29 is 14.6 Å². The molecule has 2 rings (SSSR count). The molecule has 1 aliphatic heterocycles. The molecule has 1 saturated heterocycles. The summed E-state index contributed by atoms with van der Waals surface area (Å²) in [5.41, 5.74) is 0.997. The van der Waals surface area contributed by atoms with Crippen molar-refractivity contribution in [3.05, 3.63) is 29.8 Å². The van der Waals surface area contributed by atoms with Crippen LogP contribution in [0.3, 0.4) is 0 Å². The molecule has 0 aliphatic carbocycles. The Morgan fingerprint density at radius 3 is 3.14 bits per heavy atom. The lowest BCUT2D eigenvalue weighted by Gasteiger charge is -2.09. The fourth-order valence-electron chi connectivity index (χ4n) is 1.50. The van der Waals surface area contributed by atoms with Gasteiger partial charge in [-0.25, -0.2) is 0 Å². The third-order valence-corrected chi connectivity index (χ3v) is 2.28. The second kappa shape index (κ2) is 4.44. The van der Waals surface area contributed by atoms with Crippen molar-refractivity contribution in [1.29, 1.82) is 0 Å². The summed E-state index contributed by atoms with van der Waals surface area (Å²) in [5.74, 6) is 0.286. The summed E-state index contributed by atoms with van der Waals surface area (Å²) in [6.07, 6.45) is 1.19. The largest absolute Gasteiger partial charge is 0.508 e. The Hall–Kier alpha value is -1.06. The fourth-order valence-corrected chi connectivity index (χ4v) is 1.50. The first-order chi connectivity index (χ1) is 6.84. The van der Waals surface area contributed by atoms with Gasteiger partial charge in [0.25, 0.3) is 0 Å². The third kappa shape index (κ3) is 2.47. The molecule has 3 heteroatoms. The van der Waals surface area contributed by atoms with Crippen molar-refractivity contribution >= 4 is 0 Å². The van der Waals surface area contributed by atoms with E-state index in [-0.39, 0.29) is 11.9 Å². The molecule has 0 amide bonds. The maximum atomic E-state index is 9.22. The summed E-state index contributed by atoms with van der Waals surface area (Å²) in [5, 5.41) is 9.22. The lowest BCUT2D eigenvalue weighted by Crippen LogP contribution is -2.11. The molecule has 1 aromatic rings. The second-order valence-electron chi connectivity index (χ2n) is 3.47. The van der Waals surface area contributed by atoms with Gasteiger partial charge in [0, 0.05) is 6.61 Å². The van der Waals surface area contributed by atoms with Crippen LogP contribution in [-0.4, -0.2) is 24.4 Å². The molecule has 0 aromatic heterocycles. The van der Waals surface area contributed by atoms with E-state index in [0.29, 0.717) is 13.2 Å². The minimum Gasteiger partial charge on any atom is -0.508 e. The molecule has 0 spiro atoms. The minimum atomic E-state index is 0.220. The molecule has 1 fully saturated rings. The van der Waals surface area contributed by atoms with Crippen molar-refractivity contribution in [2.24, 2.45) is 0 Å². The lowest BCUT2D eigenvalue weighted by atomic mass is 10.2. The smallest absolute Gasteiger partial charge is 0.115 e. The van der Waals surface area contributed by atoms with Gasteiger partial charge in [-0.1, -0.05) is 12.1 Å². The van der Waals surface area contributed by atoms with Crippen LogP contribution in [-0.2, 0) is 16.1 Å². The van der Waals surface area contributed by atoms with Crippen LogP contribution in [0.4, 0.5) is 0 Å². The van der Waals surface area contributed by atoms with Gasteiger partial charge in [-0.05, 0) is 24.1 Å². The SMILES string of the molecule is Oc1cccc(COC2CCOC2)c1. The van der Waals surface area contributed by atoms with E-state index in [1.165, 1.54) is 0 Å². The van der Waals surface area contributed by atoms with Crippen molar-refractivity contribution in [2.75, 3.05) is 13.2 Å². The van der Waals surface area contributed by atoms with Gasteiger partial charge < -0.3 is 14.6 Å². The predicted octanol–water partition coefficient (Wildman–Crippen LogP) is 1.70. The standard InChI is InChI=1S/C11H14O3/c12-10-3-1-2-9(6-10)7-14-11-4-5-13-8-11/h1-3,6,11-12H,4-5,7-8H2. The van der Waals surface area contributed by atoms with E-state index < -0.39 is 0 Å². The average molecular weight is 194 g/mol. The van der Waals surface area contributed by atoms with E-state index in [9.17, 15) is 5.11 Å². The molecule has 1 atom stereocenters. The molecule has 14 heavy (non-hydrogen) atoms. The predicted molar refractivity (Wildman–Crippen MR) is 52.1 cm³/mol. The first kappa shape index (κ1) is 9.49. The number of ether oxygens (including phenoxy) is 2. The highest BCUT2D eigenvalue weighted by atomic mass is 16.5. The Morgan fingerprint density at radius 2 is 2.43 bits per heavy atom. The van der Waals surface area contributed by atoms with Crippen LogP contribution in [0.25, 0.3) is 0 Å². The summed E-state index contributed by atoms with van der Waals surface area (Å²) < 4.78 is 10.8. The minimum absolute atomic E-state index is 0.220. The van der Waals surface area contributed by atoms with Crippen molar-refractivity contribution in [3.8, 4) is 5.75 Å². The molecular formula is C11H14O3. The first-order valence-electron chi connectivity index (χ1n) is 4.82. The Kier molecular flexibility index (Phi) is 3.01. The molecular weight excluding hydrogens is 180 g/mol. The topological polar surface area (TPSA) is 38.7 Å². The van der Waals surface area contributed by atoms with Crippen molar-refractivity contribution in [2.45, 2.75) is 19.1 Å². The van der Waals surface area contributed by atoms with Crippen LogP contribution in [0.15, 0.2) is 24.3 Å². The average Bonchev–Trinajstić information content (AvgIpc) is 2.67. The molecule has 1 aliphatic rings. The highest BCUT2D eigenvalue weighted by Gasteiger charge is 2.15. The number of aromatic hydroxyl groups is 1. The zero-order valence-electron chi connectivity index (χ0n) is 7.98. The molecule has 1 N–H and O–H groups in total. The van der Waals surface area contributed by atoms with E-state index in [1.54, 1.807) is 12.1 Å². The maximum Gasteiger partial charge on any atom is 0.115 e. The third-order valence-electron chi connectivity index (χ3n) is 2.28. The number of benzene rings is 1. The Labute approximate surface area is 83.3 Å². The summed E-state index contributed by atoms with van der Waals surface area (Å²) in [7, 11) is 0. The normalized spacial score (nSPS) is 21.3. The number of phenolic OH excluding ortho intramolecular Hbond substituents is 1. The molecule has 76 valence electrons. The second-order valence-corrected chi connectivity index (χ2v) is 3.47. The molecule has 1 unspecified atom stereocenters. The molecule has 1 aromatic carbocycles. The van der Waals surface area contributed by atoms with E-state index in [0.717, 1.165) is 18.6 Å². The van der Waals surface area contributed by atoms with E-state index in [2.05, 4.69) is 0 Å². The summed E-state index contributed by atoms with van der Waals surface area (Å²) in [6, 6.07) is 7.13. The highest BCUT2D eigenvalue weighted by Crippen LogP contribution is 2.14. The Bertz CT molecular complexity index is 292. The van der Waals surface area contributed by atoms with Crippen LogP contribution in [0.2, 0.25) is 0 Å². The van der Waals surface area contributed by atoms with Crippen LogP contribution in [0.1, 0.15) is 12.0 Å². The van der Waals surface area contributed by atoms with Crippen LogP contribution in [0.5, 0.6) is 5.75 Å². The van der Waals surface area contributed by atoms with Gasteiger partial charge in [-0.2, -0.15) is 0 Å². The molecule has 0 bridgehead atoms. The lowest BCUT2D eigenvalue weighted by molar-refractivity contribution is 0.0317.